The molecule has 0 spiro atoms. The van der Waals surface area contributed by atoms with Crippen molar-refractivity contribution in [2.75, 3.05) is 33.5 Å². The monoisotopic (exact) mass is 1350 g/mol. The summed E-state index contributed by atoms with van der Waals surface area (Å²) in [5, 5.41) is 14.7. The fourth-order valence-corrected chi connectivity index (χ4v) is 26.4. The zero-order valence-electron chi connectivity index (χ0n) is 60.3. The van der Waals surface area contributed by atoms with Gasteiger partial charge in [0.1, 0.15) is 29.3 Å². The first-order chi connectivity index (χ1) is 43.5. The molecule has 5 fully saturated rings. The van der Waals surface area contributed by atoms with E-state index in [1.807, 2.05) is 0 Å². The van der Waals surface area contributed by atoms with Crippen LogP contribution in [0.2, 0.25) is 72.5 Å². The minimum atomic E-state index is -2.52. The minimum Gasteiger partial charge on any atom is -0.543 e. The first-order valence-corrected chi connectivity index (χ1v) is 46.4. The first kappa shape index (κ1) is 75.2. The number of methoxy groups -OCH3 is 1. The van der Waals surface area contributed by atoms with Crippen molar-refractivity contribution in [3.05, 3.63) is 59.2 Å². The van der Waals surface area contributed by atoms with Gasteiger partial charge in [0.25, 0.3) is 0 Å². The SMILES string of the molecule is CC[Si](CC)(CC)O[C@@H]1[C@@H](OC(=O)c2ccc(OC)cc2)[C@H](O[C@@H]2[C@@H](OC(C)=O)[C@H](O[C@H]3C[C@H]4[C@@H]5CCc6cc(O[Si](C)(C)C(C)(C)C)ccc6[C@H]5CC[C@]4(C)[C@@]3(O)[C@H](C)C3(CCC(C)C)OCCO3)OC[C@@H]2O[Si](CC)(CC)CC)OC[C@H]1O[Si](CC)(CC)CC. The molecule has 2 aromatic rings. The molecule has 0 bridgehead atoms. The second-order valence-corrected chi connectivity index (χ2v) is 49.1. The summed E-state index contributed by atoms with van der Waals surface area (Å²) in [5.74, 6) is -0.377. The molecule has 16 nitrogen and oxygen atoms in total. The lowest BCUT2D eigenvalue weighted by molar-refractivity contribution is -0.348. The molecule has 3 aliphatic heterocycles. The maximum absolute atomic E-state index is 14.9. The van der Waals surface area contributed by atoms with Gasteiger partial charge < -0.3 is 65.4 Å². The van der Waals surface area contributed by atoms with Crippen LogP contribution in [0.5, 0.6) is 11.5 Å². The third kappa shape index (κ3) is 15.2. The van der Waals surface area contributed by atoms with E-state index in [0.29, 0.717) is 43.3 Å². The predicted molar refractivity (Wildman–Crippen MR) is 370 cm³/mol. The Balaban J connectivity index is 1.24. The van der Waals surface area contributed by atoms with Crippen LogP contribution in [0, 0.1) is 29.1 Å². The molecule has 0 amide bonds. The second-order valence-electron chi connectivity index (χ2n) is 30.2. The fraction of sp³-hybridized carbons (Fsp3) is 0.806. The number of hydrogen-bond donors (Lipinski definition) is 1. The first-order valence-electron chi connectivity index (χ1n) is 35.9. The molecular weight excluding hydrogens is 1230 g/mol. The highest BCUT2D eigenvalue weighted by Gasteiger charge is 2.72. The van der Waals surface area contributed by atoms with Gasteiger partial charge in [-0.3, -0.25) is 4.79 Å². The number of rotatable bonds is 30. The molecule has 1 N–H and O–H groups in total. The fourth-order valence-electron chi connectivity index (χ4n) is 16.8. The summed E-state index contributed by atoms with van der Waals surface area (Å²) in [6.45, 7) is 42.3. The van der Waals surface area contributed by atoms with Crippen molar-refractivity contribution >= 4 is 45.2 Å². The maximum atomic E-state index is 14.9. The van der Waals surface area contributed by atoms with Crippen molar-refractivity contribution < 1.29 is 75.0 Å². The van der Waals surface area contributed by atoms with Crippen molar-refractivity contribution in [3.63, 3.8) is 0 Å². The summed E-state index contributed by atoms with van der Waals surface area (Å²) in [6, 6.07) is 21.3. The number of fused-ring (bicyclic) bond motifs is 5. The second kappa shape index (κ2) is 30.7. The van der Waals surface area contributed by atoms with Gasteiger partial charge in [0.2, 0.25) is 8.32 Å². The van der Waals surface area contributed by atoms with Crippen LogP contribution in [0.1, 0.15) is 184 Å². The highest BCUT2D eigenvalue weighted by Crippen LogP contribution is 2.68. The van der Waals surface area contributed by atoms with Gasteiger partial charge in [-0.25, -0.2) is 4.79 Å². The summed E-state index contributed by atoms with van der Waals surface area (Å²) in [5.41, 5.74) is 0.835. The molecular formula is C72H122O16Si4. The summed E-state index contributed by atoms with van der Waals surface area (Å²) in [7, 11) is -7.87. The number of benzene rings is 2. The Kier molecular flexibility index (Phi) is 25.1. The van der Waals surface area contributed by atoms with E-state index in [1.165, 1.54) is 18.1 Å². The number of aliphatic hydroxyl groups is 1. The lowest BCUT2D eigenvalue weighted by Crippen LogP contribution is -2.67. The number of carbonyl (C=O) groups is 2. The third-order valence-electron chi connectivity index (χ3n) is 24.5. The van der Waals surface area contributed by atoms with Crippen LogP contribution < -0.4 is 9.16 Å². The van der Waals surface area contributed by atoms with Crippen LogP contribution in [0.25, 0.3) is 0 Å². The zero-order valence-corrected chi connectivity index (χ0v) is 64.3. The van der Waals surface area contributed by atoms with Crippen LogP contribution >= 0.6 is 0 Å². The summed E-state index contributed by atoms with van der Waals surface area (Å²) in [6.07, 6.45) is -3.61. The largest absolute Gasteiger partial charge is 0.543 e. The predicted octanol–water partition coefficient (Wildman–Crippen LogP) is 15.9. The summed E-state index contributed by atoms with van der Waals surface area (Å²) < 4.78 is 91.3. The lowest BCUT2D eigenvalue weighted by atomic mass is 9.51. The Morgan fingerprint density at radius 2 is 1.21 bits per heavy atom. The molecule has 3 aliphatic carbocycles. The van der Waals surface area contributed by atoms with Gasteiger partial charge in [-0.1, -0.05) is 117 Å². The number of aryl methyl sites for hydroxylation is 1. The average Bonchev–Trinajstić information content (AvgIpc) is 1.49. The lowest BCUT2D eigenvalue weighted by Gasteiger charge is -2.57. The van der Waals surface area contributed by atoms with E-state index in [9.17, 15) is 14.7 Å². The van der Waals surface area contributed by atoms with Crippen LogP contribution in [0.4, 0.5) is 0 Å². The molecule has 0 unspecified atom stereocenters. The summed E-state index contributed by atoms with van der Waals surface area (Å²) in [4.78, 5) is 29.0. The van der Waals surface area contributed by atoms with Gasteiger partial charge in [-0.05, 0) is 182 Å². The standard InChI is InChI=1S/C72H122O16Si4/c1-21-90(22-2,23-3)86-59-46-77-67(64(81-50(13)73)62(59)84-68-65(83-66(74)51-30-33-53(76-18)34-31-51)63(88-92(27-7,28-8)29-9)60(47-78-68)87-91(24-4,25-5)26-6)82-61-45-58-57-36-32-52-44-54(85-89(19,20)69(14,15)16)35-37-55(52)56(57)39-40-70(58,17)72(61,75)49(12)71(41-38-48(10)11)79-42-43-80-71/h30-31,33-35,37,44,48-49,56-65,67-68,75H,21-29,32,36,38-43,45-47H2,1-20H3/t49-,56-,57-,58+,59+,60-,61+,62+,63+,64-,65-,67+,68+,70+,72-/m1/s1. The van der Waals surface area contributed by atoms with Gasteiger partial charge in [0.05, 0.1) is 57.4 Å². The molecule has 8 rings (SSSR count). The maximum Gasteiger partial charge on any atom is 0.338 e. The highest BCUT2D eigenvalue weighted by atomic mass is 28.4. The van der Waals surface area contributed by atoms with E-state index in [4.69, 9.17) is 60.3 Å². The molecule has 0 radical (unpaired) electrons. The van der Waals surface area contributed by atoms with Gasteiger partial charge in [0.15, 0.2) is 55.5 Å². The van der Waals surface area contributed by atoms with Crippen molar-refractivity contribution in [1.82, 2.24) is 0 Å². The number of hydrogen-bond acceptors (Lipinski definition) is 16. The Bertz CT molecular complexity index is 2680. The molecule has 3 heterocycles. The van der Waals surface area contributed by atoms with Crippen molar-refractivity contribution in [1.29, 1.82) is 0 Å². The van der Waals surface area contributed by atoms with Crippen molar-refractivity contribution in [2.45, 2.75) is 308 Å². The Morgan fingerprint density at radius 1 is 0.685 bits per heavy atom. The molecule has 92 heavy (non-hydrogen) atoms. The van der Waals surface area contributed by atoms with E-state index in [1.54, 1.807) is 31.4 Å². The minimum absolute atomic E-state index is 0.0141. The Morgan fingerprint density at radius 3 is 1.73 bits per heavy atom. The Labute approximate surface area is 558 Å². The third-order valence-corrected chi connectivity index (χ3v) is 42.9. The molecule has 2 aromatic carbocycles. The molecule has 15 atom stereocenters. The summed E-state index contributed by atoms with van der Waals surface area (Å²) >= 11 is 0. The van der Waals surface area contributed by atoms with Crippen molar-refractivity contribution in [3.8, 4) is 11.5 Å². The van der Waals surface area contributed by atoms with E-state index >= 15 is 0 Å². The molecule has 3 saturated heterocycles. The average molecular weight is 1360 g/mol. The zero-order chi connectivity index (χ0) is 67.4. The van der Waals surface area contributed by atoms with Crippen molar-refractivity contribution in [2.24, 2.45) is 29.1 Å². The molecule has 522 valence electrons. The number of carbonyl (C=O) groups excluding carboxylic acids is 2. The van der Waals surface area contributed by atoms with Gasteiger partial charge >= 0.3 is 11.9 Å². The van der Waals surface area contributed by atoms with Crippen LogP contribution in [0.3, 0.4) is 0 Å². The normalized spacial score (nSPS) is 31.3. The molecule has 2 saturated carbocycles. The van der Waals surface area contributed by atoms with E-state index < -0.39 is 123 Å². The Hall–Kier alpha value is -2.55. The van der Waals surface area contributed by atoms with E-state index in [0.717, 1.165) is 92.3 Å². The quantitative estimate of drug-likeness (QED) is 0.0577. The van der Waals surface area contributed by atoms with E-state index in [-0.39, 0.29) is 36.0 Å². The van der Waals surface area contributed by atoms with Gasteiger partial charge in [-0.15, -0.1) is 0 Å². The number of esters is 2. The van der Waals surface area contributed by atoms with Gasteiger partial charge in [-0.2, -0.15) is 0 Å². The molecule has 0 aromatic heterocycles. The van der Waals surface area contributed by atoms with Gasteiger partial charge in [0, 0.05) is 24.7 Å². The smallest absolute Gasteiger partial charge is 0.338 e. The van der Waals surface area contributed by atoms with Crippen LogP contribution in [-0.2, 0) is 62.4 Å². The molecule has 20 heteroatoms. The van der Waals surface area contributed by atoms with E-state index in [2.05, 4.69) is 142 Å². The highest BCUT2D eigenvalue weighted by molar-refractivity contribution is 6.75. The number of ether oxygens (including phenoxy) is 9. The van der Waals surface area contributed by atoms with Crippen LogP contribution in [-0.4, -0.2) is 151 Å². The van der Waals surface area contributed by atoms with Crippen LogP contribution in [0.15, 0.2) is 42.5 Å². The molecule has 6 aliphatic rings. The topological polar surface area (TPSA) is 174 Å².